The van der Waals surface area contributed by atoms with Crippen molar-refractivity contribution in [1.82, 2.24) is 0 Å². The van der Waals surface area contributed by atoms with Gasteiger partial charge in [0.05, 0.1) is 0 Å². The quantitative estimate of drug-likeness (QED) is 0.0262. The Kier molecular flexibility index (Phi) is 49.7. The lowest BCUT2D eigenvalue weighted by Gasteiger charge is -2.18. The standard InChI is InChI=1S/C61H92O6/c1-4-7-10-13-16-19-22-25-27-28-29-30-31-32-34-36-39-42-45-48-51-54-60(63)66-57-58(56-65-59(62)53-50-47-44-41-38-35-24-21-18-15-12-9-6-3)67-61(64)55-52-49-46-43-40-37-33-26-23-20-17-14-11-8-5-2/h7-12,16-21,25-27,29-30,32-35,38,40,43-44,47,58H,4-6,13-15,22-24,28,31,36-37,39,41-42,45-46,48-57H2,1-3H3/b10-7-,11-8-,12-9-,19-16-,20-17-,21-18-,27-25-,30-29-,33-26-,34-32-,38-35-,43-40-,47-44-. The van der Waals surface area contributed by atoms with Crippen LogP contribution in [-0.4, -0.2) is 37.2 Å². The summed E-state index contributed by atoms with van der Waals surface area (Å²) < 4.78 is 16.7. The van der Waals surface area contributed by atoms with Gasteiger partial charge in [-0.1, -0.05) is 198 Å². The number of hydrogen-bond donors (Lipinski definition) is 0. The Bertz CT molecular complexity index is 1570. The number of carbonyl (C=O) groups is 3. The molecule has 372 valence electrons. The Labute approximate surface area is 409 Å². The first-order chi connectivity index (χ1) is 33.0. The summed E-state index contributed by atoms with van der Waals surface area (Å²) in [4.78, 5) is 38.0. The molecule has 0 heterocycles. The van der Waals surface area contributed by atoms with Gasteiger partial charge in [-0.15, -0.1) is 0 Å². The van der Waals surface area contributed by atoms with Gasteiger partial charge in [0.1, 0.15) is 13.2 Å². The van der Waals surface area contributed by atoms with E-state index in [-0.39, 0.29) is 44.0 Å². The molecule has 1 unspecified atom stereocenters. The molecule has 0 rings (SSSR count). The monoisotopic (exact) mass is 921 g/mol. The molecule has 1 atom stereocenters. The minimum atomic E-state index is -0.844. The molecule has 6 nitrogen and oxygen atoms in total. The average molecular weight is 921 g/mol. The van der Waals surface area contributed by atoms with Gasteiger partial charge in [0.2, 0.25) is 0 Å². The van der Waals surface area contributed by atoms with E-state index in [4.69, 9.17) is 14.2 Å². The second kappa shape index (κ2) is 53.6. The minimum Gasteiger partial charge on any atom is -0.462 e. The topological polar surface area (TPSA) is 78.9 Å². The van der Waals surface area contributed by atoms with Crippen molar-refractivity contribution in [2.45, 2.75) is 194 Å². The summed E-state index contributed by atoms with van der Waals surface area (Å²) in [5.74, 6) is -1.09. The molecule has 67 heavy (non-hydrogen) atoms. The molecule has 0 aromatic rings. The maximum atomic E-state index is 12.8. The molecule has 0 fully saturated rings. The molecule has 0 radical (unpaired) electrons. The molecule has 0 aliphatic heterocycles. The van der Waals surface area contributed by atoms with Gasteiger partial charge in [0.25, 0.3) is 0 Å². The lowest BCUT2D eigenvalue weighted by Crippen LogP contribution is -2.30. The van der Waals surface area contributed by atoms with Gasteiger partial charge in [-0.25, -0.2) is 0 Å². The number of allylic oxidation sites excluding steroid dienone is 26. The molecule has 0 aromatic carbocycles. The summed E-state index contributed by atoms with van der Waals surface area (Å²) >= 11 is 0. The smallest absolute Gasteiger partial charge is 0.306 e. The predicted molar refractivity (Wildman–Crippen MR) is 288 cm³/mol. The van der Waals surface area contributed by atoms with Crippen molar-refractivity contribution in [3.8, 4) is 0 Å². The Morgan fingerprint density at radius 3 is 0.955 bits per heavy atom. The van der Waals surface area contributed by atoms with E-state index in [9.17, 15) is 14.4 Å². The van der Waals surface area contributed by atoms with E-state index in [1.54, 1.807) is 0 Å². The second-order valence-electron chi connectivity index (χ2n) is 16.3. The highest BCUT2D eigenvalue weighted by molar-refractivity contribution is 5.71. The van der Waals surface area contributed by atoms with Gasteiger partial charge < -0.3 is 14.2 Å². The van der Waals surface area contributed by atoms with Crippen LogP contribution in [0.4, 0.5) is 0 Å². The fourth-order valence-corrected chi connectivity index (χ4v) is 6.24. The fourth-order valence-electron chi connectivity index (χ4n) is 6.24. The average Bonchev–Trinajstić information content (AvgIpc) is 3.33. The van der Waals surface area contributed by atoms with Crippen LogP contribution in [0.15, 0.2) is 158 Å². The Hall–Kier alpha value is -4.97. The van der Waals surface area contributed by atoms with Crippen LogP contribution in [0.1, 0.15) is 188 Å². The first-order valence-electron chi connectivity index (χ1n) is 26.0. The van der Waals surface area contributed by atoms with Crippen LogP contribution in [0.2, 0.25) is 0 Å². The zero-order chi connectivity index (χ0) is 48.6. The van der Waals surface area contributed by atoms with E-state index in [1.165, 1.54) is 0 Å². The first kappa shape index (κ1) is 62.0. The van der Waals surface area contributed by atoms with E-state index >= 15 is 0 Å². The van der Waals surface area contributed by atoms with Gasteiger partial charge in [-0.2, -0.15) is 0 Å². The number of unbranched alkanes of at least 4 members (excludes halogenated alkanes) is 7. The van der Waals surface area contributed by atoms with Gasteiger partial charge in [0, 0.05) is 19.3 Å². The highest BCUT2D eigenvalue weighted by atomic mass is 16.6. The van der Waals surface area contributed by atoms with Crippen LogP contribution in [-0.2, 0) is 28.6 Å². The van der Waals surface area contributed by atoms with Gasteiger partial charge >= 0.3 is 17.9 Å². The van der Waals surface area contributed by atoms with Gasteiger partial charge in [-0.05, 0) is 128 Å². The van der Waals surface area contributed by atoms with Crippen molar-refractivity contribution in [1.29, 1.82) is 0 Å². The number of rotatable bonds is 44. The van der Waals surface area contributed by atoms with Crippen LogP contribution in [0.25, 0.3) is 0 Å². The number of hydrogen-bond acceptors (Lipinski definition) is 6. The lowest BCUT2D eigenvalue weighted by molar-refractivity contribution is -0.166. The van der Waals surface area contributed by atoms with Crippen molar-refractivity contribution in [3.05, 3.63) is 158 Å². The van der Waals surface area contributed by atoms with Crippen molar-refractivity contribution in [2.75, 3.05) is 13.2 Å². The summed E-state index contributed by atoms with van der Waals surface area (Å²) in [6.07, 6.45) is 78.2. The number of ether oxygens (including phenoxy) is 3. The fraction of sp³-hybridized carbons (Fsp3) is 0.525. The van der Waals surface area contributed by atoms with E-state index < -0.39 is 6.10 Å². The Morgan fingerprint density at radius 2 is 0.567 bits per heavy atom. The van der Waals surface area contributed by atoms with Gasteiger partial charge in [-0.3, -0.25) is 14.4 Å². The largest absolute Gasteiger partial charge is 0.462 e. The molecule has 0 bridgehead atoms. The molecule has 0 saturated heterocycles. The highest BCUT2D eigenvalue weighted by Crippen LogP contribution is 2.11. The molecule has 0 aromatic heterocycles. The normalized spacial score (nSPS) is 13.4. The maximum Gasteiger partial charge on any atom is 0.306 e. The molecule has 0 aliphatic carbocycles. The van der Waals surface area contributed by atoms with E-state index in [0.717, 1.165) is 135 Å². The van der Waals surface area contributed by atoms with Crippen LogP contribution in [0, 0.1) is 0 Å². The minimum absolute atomic E-state index is 0.135. The molecular weight excluding hydrogens is 829 g/mol. The molecule has 0 spiro atoms. The number of esters is 3. The summed E-state index contributed by atoms with van der Waals surface area (Å²) in [5.41, 5.74) is 0. The zero-order valence-electron chi connectivity index (χ0n) is 42.3. The molecule has 0 N–H and O–H groups in total. The van der Waals surface area contributed by atoms with Crippen molar-refractivity contribution >= 4 is 17.9 Å². The van der Waals surface area contributed by atoms with Gasteiger partial charge in [0.15, 0.2) is 6.10 Å². The third kappa shape index (κ3) is 51.9. The molecule has 0 saturated carbocycles. The lowest BCUT2D eigenvalue weighted by atomic mass is 10.1. The summed E-state index contributed by atoms with van der Waals surface area (Å²) in [6, 6.07) is 0. The predicted octanol–water partition coefficient (Wildman–Crippen LogP) is 17.4. The third-order valence-electron chi connectivity index (χ3n) is 10.0. The van der Waals surface area contributed by atoms with Crippen LogP contribution < -0.4 is 0 Å². The van der Waals surface area contributed by atoms with Crippen molar-refractivity contribution in [2.24, 2.45) is 0 Å². The summed E-state index contributed by atoms with van der Waals surface area (Å²) in [6.45, 7) is 6.14. The van der Waals surface area contributed by atoms with Crippen LogP contribution >= 0.6 is 0 Å². The maximum absolute atomic E-state index is 12.8. The van der Waals surface area contributed by atoms with Crippen molar-refractivity contribution in [3.63, 3.8) is 0 Å². The molecule has 0 amide bonds. The number of carbonyl (C=O) groups excluding carboxylic acids is 3. The second-order valence-corrected chi connectivity index (χ2v) is 16.3. The Balaban J connectivity index is 4.57. The van der Waals surface area contributed by atoms with Crippen LogP contribution in [0.3, 0.4) is 0 Å². The SMILES string of the molecule is CC/C=C\C/C=C\C/C=C\C/C=C\C/C=C\CCCCCCCC(=O)OCC(COC(=O)CC/C=C\C/C=C\C/C=C\C/C=C\CC)OC(=O)CCCC/C=C\C/C=C\C/C=C\C/C=C\CC. The van der Waals surface area contributed by atoms with Crippen LogP contribution in [0.5, 0.6) is 0 Å². The molecular formula is C61H92O6. The molecule has 0 aliphatic rings. The first-order valence-corrected chi connectivity index (χ1v) is 26.0. The Morgan fingerprint density at radius 1 is 0.299 bits per heavy atom. The summed E-state index contributed by atoms with van der Waals surface area (Å²) in [5, 5.41) is 0. The highest BCUT2D eigenvalue weighted by Gasteiger charge is 2.19. The molecule has 6 heteroatoms. The third-order valence-corrected chi connectivity index (χ3v) is 10.0. The zero-order valence-corrected chi connectivity index (χ0v) is 42.3. The van der Waals surface area contributed by atoms with Crippen molar-refractivity contribution < 1.29 is 28.6 Å². The van der Waals surface area contributed by atoms with E-state index in [2.05, 4.69) is 167 Å². The van der Waals surface area contributed by atoms with E-state index in [0.29, 0.717) is 19.3 Å². The van der Waals surface area contributed by atoms with E-state index in [1.807, 2.05) is 12.2 Å². The summed E-state index contributed by atoms with van der Waals surface area (Å²) in [7, 11) is 0.